The van der Waals surface area contributed by atoms with Gasteiger partial charge in [0.15, 0.2) is 0 Å². The van der Waals surface area contributed by atoms with Crippen LogP contribution in [0.5, 0.6) is 0 Å². The largest absolute Gasteiger partial charge is 1.00 e. The zero-order chi connectivity index (χ0) is 28.7. The van der Waals surface area contributed by atoms with Gasteiger partial charge in [-0.3, -0.25) is 4.18 Å². The van der Waals surface area contributed by atoms with Crippen LogP contribution in [0.25, 0.3) is 0 Å². The predicted octanol–water partition coefficient (Wildman–Crippen LogP) is 8.83. The standard InChI is InChI=1S/C34H70O4S.Na/c1-3-5-7-9-11-13-15-17-19-21-23-25-27-29-31-34(33-38-39(35,36)37)32-30-28-26-24-22-20-18-16-14-12-10-8-6-4-2;/h34H,3-33H2,1-2H3,(H,35,36,37);/q;+1/p-1. The number of unbranched alkanes of at least 4 members (excludes halogenated alkanes) is 26. The van der Waals surface area contributed by atoms with E-state index in [0.717, 1.165) is 25.7 Å². The molecule has 0 saturated carbocycles. The van der Waals surface area contributed by atoms with Crippen LogP contribution < -0.4 is 29.6 Å². The Hall–Kier alpha value is 0.870. The number of hydrogen-bond acceptors (Lipinski definition) is 4. The average Bonchev–Trinajstić information content (AvgIpc) is 2.91. The summed E-state index contributed by atoms with van der Waals surface area (Å²) in [6, 6.07) is 0. The first-order chi connectivity index (χ1) is 19.0. The van der Waals surface area contributed by atoms with E-state index in [4.69, 9.17) is 0 Å². The molecule has 0 fully saturated rings. The molecule has 0 heterocycles. The van der Waals surface area contributed by atoms with E-state index in [1.54, 1.807) is 0 Å². The Balaban J connectivity index is 0. The van der Waals surface area contributed by atoms with Crippen molar-refractivity contribution in [3.8, 4) is 0 Å². The van der Waals surface area contributed by atoms with Crippen molar-refractivity contribution in [2.24, 2.45) is 5.92 Å². The van der Waals surface area contributed by atoms with Crippen molar-refractivity contribution >= 4 is 10.4 Å². The summed E-state index contributed by atoms with van der Waals surface area (Å²) in [5.74, 6) is 0.198. The van der Waals surface area contributed by atoms with Crippen molar-refractivity contribution < 1.29 is 46.7 Å². The van der Waals surface area contributed by atoms with Crippen molar-refractivity contribution in [2.75, 3.05) is 6.61 Å². The first kappa shape index (κ1) is 43.0. The van der Waals surface area contributed by atoms with Gasteiger partial charge in [0.25, 0.3) is 0 Å². The van der Waals surface area contributed by atoms with Crippen molar-refractivity contribution in [1.29, 1.82) is 0 Å². The van der Waals surface area contributed by atoms with E-state index in [-0.39, 0.29) is 42.1 Å². The molecule has 40 heavy (non-hydrogen) atoms. The third-order valence-electron chi connectivity index (χ3n) is 8.38. The molecule has 0 aliphatic rings. The molecule has 0 aromatic heterocycles. The number of hydrogen-bond donors (Lipinski definition) is 0. The van der Waals surface area contributed by atoms with Gasteiger partial charge in [0.05, 0.1) is 6.61 Å². The van der Waals surface area contributed by atoms with Crippen LogP contribution in [0.15, 0.2) is 0 Å². The van der Waals surface area contributed by atoms with E-state index in [0.29, 0.717) is 0 Å². The van der Waals surface area contributed by atoms with E-state index in [2.05, 4.69) is 18.0 Å². The van der Waals surface area contributed by atoms with Crippen molar-refractivity contribution in [3.63, 3.8) is 0 Å². The van der Waals surface area contributed by atoms with Crippen LogP contribution in [0.3, 0.4) is 0 Å². The van der Waals surface area contributed by atoms with Gasteiger partial charge in [0.1, 0.15) is 0 Å². The Kier molecular flexibility index (Phi) is 36.9. The fraction of sp³-hybridized carbons (Fsp3) is 1.00. The zero-order valence-corrected chi connectivity index (χ0v) is 30.4. The minimum absolute atomic E-state index is 0. The molecule has 6 heteroatoms. The average molecular weight is 597 g/mol. The van der Waals surface area contributed by atoms with Gasteiger partial charge >= 0.3 is 29.6 Å². The fourth-order valence-corrected chi connectivity index (χ4v) is 6.10. The summed E-state index contributed by atoms with van der Waals surface area (Å²) in [5, 5.41) is 0. The van der Waals surface area contributed by atoms with E-state index in [9.17, 15) is 13.0 Å². The van der Waals surface area contributed by atoms with Gasteiger partial charge in [-0.2, -0.15) is 0 Å². The molecular formula is C34H69NaO4S. The molecule has 0 spiro atoms. The maximum atomic E-state index is 11.0. The van der Waals surface area contributed by atoms with E-state index in [1.165, 1.54) is 167 Å². The van der Waals surface area contributed by atoms with Gasteiger partial charge < -0.3 is 4.55 Å². The summed E-state index contributed by atoms with van der Waals surface area (Å²) < 4.78 is 37.5. The van der Waals surface area contributed by atoms with Gasteiger partial charge in [0.2, 0.25) is 10.4 Å². The Bertz CT molecular complexity index is 538. The van der Waals surface area contributed by atoms with Crippen LogP contribution in [-0.2, 0) is 14.6 Å². The molecular weight excluding hydrogens is 527 g/mol. The SMILES string of the molecule is CCCCCCCCCCCCCCCCC(CCCCCCCCCCCCCCCC)COS(=O)(=O)[O-].[Na+]. The Morgan fingerprint density at radius 2 is 0.675 bits per heavy atom. The Morgan fingerprint density at radius 3 is 0.900 bits per heavy atom. The maximum absolute atomic E-state index is 11.0. The van der Waals surface area contributed by atoms with Crippen LogP contribution in [-0.4, -0.2) is 19.6 Å². The molecule has 0 atom stereocenters. The summed E-state index contributed by atoms with van der Waals surface area (Å²) in [6.07, 6.45) is 39.5. The van der Waals surface area contributed by atoms with Crippen molar-refractivity contribution in [3.05, 3.63) is 0 Å². The van der Waals surface area contributed by atoms with E-state index >= 15 is 0 Å². The summed E-state index contributed by atoms with van der Waals surface area (Å²) >= 11 is 0. The molecule has 0 amide bonds. The summed E-state index contributed by atoms with van der Waals surface area (Å²) in [5.41, 5.74) is 0. The molecule has 0 aromatic carbocycles. The van der Waals surface area contributed by atoms with E-state index in [1.807, 2.05) is 0 Å². The third kappa shape index (κ3) is 36.9. The van der Waals surface area contributed by atoms with Crippen LogP contribution >= 0.6 is 0 Å². The smallest absolute Gasteiger partial charge is 0.726 e. The molecule has 4 nitrogen and oxygen atoms in total. The normalized spacial score (nSPS) is 11.8. The van der Waals surface area contributed by atoms with Crippen molar-refractivity contribution in [1.82, 2.24) is 0 Å². The second-order valence-electron chi connectivity index (χ2n) is 12.3. The second kappa shape index (κ2) is 34.4. The van der Waals surface area contributed by atoms with E-state index < -0.39 is 10.4 Å². The van der Waals surface area contributed by atoms with Gasteiger partial charge in [0, 0.05) is 0 Å². The van der Waals surface area contributed by atoms with Gasteiger partial charge in [-0.15, -0.1) is 0 Å². The monoisotopic (exact) mass is 596 g/mol. The van der Waals surface area contributed by atoms with Crippen LogP contribution in [0.1, 0.15) is 206 Å². The molecule has 236 valence electrons. The summed E-state index contributed by atoms with van der Waals surface area (Å²) in [6.45, 7) is 4.62. The topological polar surface area (TPSA) is 66.4 Å². The van der Waals surface area contributed by atoms with Gasteiger partial charge in [-0.25, -0.2) is 8.42 Å². The molecule has 0 aromatic rings. The quantitative estimate of drug-likeness (QED) is 0.0329. The van der Waals surface area contributed by atoms with Crippen LogP contribution in [0, 0.1) is 5.92 Å². The van der Waals surface area contributed by atoms with Crippen LogP contribution in [0.2, 0.25) is 0 Å². The Morgan fingerprint density at radius 1 is 0.450 bits per heavy atom. The third-order valence-corrected chi connectivity index (χ3v) is 8.80. The van der Waals surface area contributed by atoms with Crippen molar-refractivity contribution in [2.45, 2.75) is 206 Å². The molecule has 0 aliphatic carbocycles. The minimum atomic E-state index is -4.59. The van der Waals surface area contributed by atoms with Gasteiger partial charge in [-0.1, -0.05) is 194 Å². The molecule has 0 bridgehead atoms. The molecule has 0 N–H and O–H groups in total. The summed E-state index contributed by atoms with van der Waals surface area (Å²) in [7, 11) is -4.59. The zero-order valence-electron chi connectivity index (χ0n) is 27.5. The van der Waals surface area contributed by atoms with Crippen LogP contribution in [0.4, 0.5) is 0 Å². The first-order valence-electron chi connectivity index (χ1n) is 17.6. The fourth-order valence-electron chi connectivity index (χ4n) is 5.75. The number of rotatable bonds is 33. The predicted molar refractivity (Wildman–Crippen MR) is 169 cm³/mol. The summed E-state index contributed by atoms with van der Waals surface area (Å²) in [4.78, 5) is 0. The molecule has 0 aliphatic heterocycles. The minimum Gasteiger partial charge on any atom is -0.726 e. The Labute approximate surface area is 274 Å². The maximum Gasteiger partial charge on any atom is 1.00 e. The van der Waals surface area contributed by atoms with Gasteiger partial charge in [-0.05, 0) is 18.8 Å². The molecule has 0 rings (SSSR count). The second-order valence-corrected chi connectivity index (χ2v) is 13.4. The first-order valence-corrected chi connectivity index (χ1v) is 18.9. The molecule has 0 radical (unpaired) electrons. The molecule has 0 unspecified atom stereocenters. The molecule has 0 saturated heterocycles.